The summed E-state index contributed by atoms with van der Waals surface area (Å²) >= 11 is 2.93. The van der Waals surface area contributed by atoms with E-state index in [1.165, 1.54) is 0 Å². The third-order valence-corrected chi connectivity index (χ3v) is 3.56. The first-order chi connectivity index (χ1) is 9.72. The summed E-state index contributed by atoms with van der Waals surface area (Å²) in [5.41, 5.74) is -2.16. The lowest BCUT2D eigenvalue weighted by Crippen LogP contribution is -2.49. The second-order valence-corrected chi connectivity index (χ2v) is 5.42. The van der Waals surface area contributed by atoms with E-state index in [2.05, 4.69) is 22.5 Å². The van der Waals surface area contributed by atoms with Crippen molar-refractivity contribution in [3.05, 3.63) is 39.2 Å². The Labute approximate surface area is 125 Å². The van der Waals surface area contributed by atoms with E-state index < -0.39 is 42.1 Å². The molecule has 8 nitrogen and oxygen atoms in total. The van der Waals surface area contributed by atoms with Gasteiger partial charge in [-0.05, 0) is 0 Å². The van der Waals surface area contributed by atoms with E-state index in [0.717, 1.165) is 6.20 Å². The van der Waals surface area contributed by atoms with Crippen LogP contribution in [-0.2, 0) is 10.7 Å². The number of rotatable bonds is 3. The minimum Gasteiger partial charge on any atom is -0.394 e. The number of hydrogen-bond donors (Lipinski definition) is 4. The van der Waals surface area contributed by atoms with Crippen molar-refractivity contribution in [1.82, 2.24) is 9.55 Å². The maximum Gasteiger partial charge on any atom is 0.332 e. The number of nitrogens with zero attached hydrogens (tertiary/aromatic N) is 1. The van der Waals surface area contributed by atoms with E-state index in [0.29, 0.717) is 4.57 Å². The van der Waals surface area contributed by atoms with Gasteiger partial charge in [-0.1, -0.05) is 22.5 Å². The Morgan fingerprint density at radius 3 is 2.67 bits per heavy atom. The zero-order valence-corrected chi connectivity index (χ0v) is 12.1. The van der Waals surface area contributed by atoms with E-state index in [1.807, 2.05) is 4.98 Å². The summed E-state index contributed by atoms with van der Waals surface area (Å²) in [6, 6.07) is 0. The highest BCUT2D eigenvalue weighted by Gasteiger charge is 2.57. The van der Waals surface area contributed by atoms with Crippen molar-refractivity contribution in [3.63, 3.8) is 0 Å². The third-order valence-electron chi connectivity index (χ3n) is 3.13. The Bertz CT molecular complexity index is 688. The molecule has 1 aliphatic rings. The number of aromatic nitrogens is 2. The second-order valence-electron chi connectivity index (χ2n) is 4.46. The third kappa shape index (κ3) is 2.49. The summed E-state index contributed by atoms with van der Waals surface area (Å²) in [4.78, 5) is 25.1. The molecule has 0 amide bonds. The first kappa shape index (κ1) is 16.0. The molecule has 0 radical (unpaired) electrons. The van der Waals surface area contributed by atoms with Gasteiger partial charge in [-0.3, -0.25) is 9.78 Å². The van der Waals surface area contributed by atoms with Crippen LogP contribution in [0.4, 0.5) is 4.39 Å². The van der Waals surface area contributed by atoms with Crippen LogP contribution in [0.15, 0.2) is 22.4 Å². The van der Waals surface area contributed by atoms with Gasteiger partial charge in [-0.25, -0.2) is 9.36 Å². The molecule has 10 heteroatoms. The minimum absolute atomic E-state index is 0.0767. The van der Waals surface area contributed by atoms with Crippen molar-refractivity contribution in [1.29, 1.82) is 0 Å². The molecule has 0 unspecified atom stereocenters. The molecule has 1 aromatic heterocycles. The summed E-state index contributed by atoms with van der Waals surface area (Å²) in [5, 5.41) is 28.3. The highest BCUT2D eigenvalue weighted by molar-refractivity contribution is 9.15. The van der Waals surface area contributed by atoms with Gasteiger partial charge in [-0.2, -0.15) is 4.39 Å². The van der Waals surface area contributed by atoms with Crippen LogP contribution < -0.4 is 11.2 Å². The minimum atomic E-state index is -3.13. The Kier molecular flexibility index (Phi) is 4.17. The van der Waals surface area contributed by atoms with E-state index in [4.69, 9.17) is 9.84 Å². The maximum absolute atomic E-state index is 14.8. The fraction of sp³-hybridized carbons (Fsp3) is 0.455. The van der Waals surface area contributed by atoms with Crippen molar-refractivity contribution < 1.29 is 24.4 Å². The summed E-state index contributed by atoms with van der Waals surface area (Å²) in [7, 11) is 0. The number of alkyl halides is 1. The second kappa shape index (κ2) is 5.46. The monoisotopic (exact) mass is 366 g/mol. The van der Waals surface area contributed by atoms with Crippen LogP contribution in [0, 0.1) is 0 Å². The average Bonchev–Trinajstić information content (AvgIpc) is 2.63. The van der Waals surface area contributed by atoms with Crippen LogP contribution in [0.25, 0.3) is 4.48 Å². The number of aliphatic hydroxyl groups excluding tert-OH is 3. The topological polar surface area (TPSA) is 125 Å². The van der Waals surface area contributed by atoms with Crippen molar-refractivity contribution in [2.24, 2.45) is 0 Å². The van der Waals surface area contributed by atoms with Gasteiger partial charge in [0.15, 0.2) is 6.10 Å². The van der Waals surface area contributed by atoms with Crippen LogP contribution in [0.3, 0.4) is 0 Å². The van der Waals surface area contributed by atoms with E-state index in [1.54, 1.807) is 0 Å². The van der Waals surface area contributed by atoms with Gasteiger partial charge in [0.25, 0.3) is 5.56 Å². The molecule has 1 saturated heterocycles. The molecule has 0 aromatic carbocycles. The number of hydrogen-bond acceptors (Lipinski definition) is 6. The zero-order valence-electron chi connectivity index (χ0n) is 10.5. The van der Waals surface area contributed by atoms with Gasteiger partial charge in [0.1, 0.15) is 12.2 Å². The molecule has 0 bridgehead atoms. The fourth-order valence-electron chi connectivity index (χ4n) is 2.00. The number of ether oxygens (including phenoxy) is 1. The summed E-state index contributed by atoms with van der Waals surface area (Å²) in [6.07, 6.45) is -4.49. The number of aromatic amines is 1. The maximum atomic E-state index is 14.8. The Balaban J connectivity index is 2.61. The molecule has 1 aromatic rings. The van der Waals surface area contributed by atoms with Crippen LogP contribution >= 0.6 is 15.9 Å². The van der Waals surface area contributed by atoms with E-state index in [9.17, 15) is 24.2 Å². The van der Waals surface area contributed by atoms with Crippen LogP contribution in [0.2, 0.25) is 0 Å². The van der Waals surface area contributed by atoms with Gasteiger partial charge in [0.05, 0.1) is 12.2 Å². The first-order valence-corrected chi connectivity index (χ1v) is 6.56. The highest BCUT2D eigenvalue weighted by Crippen LogP contribution is 2.36. The SMILES string of the molecule is C=C(Br)c1cn([C@]2(F)O[C@H](CO)[C@@H](O)[C@H]2O)c(=O)[nH]c1=O. The molecule has 21 heavy (non-hydrogen) atoms. The summed E-state index contributed by atoms with van der Waals surface area (Å²) < 4.78 is 19.9. The lowest BCUT2D eigenvalue weighted by Gasteiger charge is -2.25. The molecule has 4 N–H and O–H groups in total. The molecule has 1 fully saturated rings. The van der Waals surface area contributed by atoms with Crippen LogP contribution in [-0.4, -0.2) is 49.8 Å². The quantitative estimate of drug-likeness (QED) is 0.521. The first-order valence-electron chi connectivity index (χ1n) is 5.77. The predicted octanol–water partition coefficient (Wildman–Crippen LogP) is -1.41. The smallest absolute Gasteiger partial charge is 0.332 e. The molecular weight excluding hydrogens is 355 g/mol. The van der Waals surface area contributed by atoms with Gasteiger partial charge in [0.2, 0.25) is 0 Å². The molecule has 1 aliphatic heterocycles. The summed E-state index contributed by atoms with van der Waals surface area (Å²) in [6.45, 7) is 2.67. The summed E-state index contributed by atoms with van der Waals surface area (Å²) in [5.74, 6) is -3.13. The molecule has 0 spiro atoms. The van der Waals surface area contributed by atoms with Gasteiger partial charge in [0, 0.05) is 10.7 Å². The molecule has 0 saturated carbocycles. The lowest BCUT2D eigenvalue weighted by atomic mass is 10.1. The highest BCUT2D eigenvalue weighted by atomic mass is 79.9. The largest absolute Gasteiger partial charge is 0.394 e. The number of H-pyrrole nitrogens is 1. The van der Waals surface area contributed by atoms with Gasteiger partial charge in [-0.15, -0.1) is 0 Å². The Morgan fingerprint density at radius 2 is 2.19 bits per heavy atom. The van der Waals surface area contributed by atoms with E-state index >= 15 is 0 Å². The number of nitrogens with one attached hydrogen (secondary N) is 1. The normalized spacial score (nSPS) is 32.3. The van der Waals surface area contributed by atoms with Gasteiger partial charge < -0.3 is 20.1 Å². The van der Waals surface area contributed by atoms with Crippen LogP contribution in [0.5, 0.6) is 0 Å². The predicted molar refractivity (Wildman–Crippen MR) is 72.3 cm³/mol. The van der Waals surface area contributed by atoms with E-state index in [-0.39, 0.29) is 10.0 Å². The molecule has 0 aliphatic carbocycles. The Morgan fingerprint density at radius 1 is 1.57 bits per heavy atom. The van der Waals surface area contributed by atoms with Gasteiger partial charge >= 0.3 is 11.7 Å². The average molecular weight is 367 g/mol. The Hall–Kier alpha value is -1.33. The standard InChI is InChI=1S/C11H12BrFN2O6/c1-4(12)5-2-15(10(20)14-9(5)19)11(13)8(18)7(17)6(3-16)21-11/h2,6-8,16-18H,1,3H2,(H,14,19,20)/t6-,7-,8-,11+/m1/s1. The van der Waals surface area contributed by atoms with Crippen molar-refractivity contribution in [2.45, 2.75) is 24.3 Å². The molecule has 4 atom stereocenters. The fourth-order valence-corrected chi connectivity index (χ4v) is 2.28. The number of aliphatic hydroxyl groups is 3. The zero-order chi connectivity index (χ0) is 15.9. The molecule has 2 heterocycles. The lowest BCUT2D eigenvalue weighted by molar-refractivity contribution is -0.239. The van der Waals surface area contributed by atoms with Crippen LogP contribution in [0.1, 0.15) is 5.56 Å². The van der Waals surface area contributed by atoms with Crippen molar-refractivity contribution >= 4 is 20.4 Å². The molecule has 2 rings (SSSR count). The van der Waals surface area contributed by atoms with Crippen molar-refractivity contribution in [3.8, 4) is 0 Å². The van der Waals surface area contributed by atoms with Crippen molar-refractivity contribution in [2.75, 3.05) is 6.61 Å². The molecule has 116 valence electrons. The molecular formula is C11H12BrFN2O6. The number of halogens is 2.